The fraction of sp³-hybridized carbons (Fsp3) is 0.562. The van der Waals surface area contributed by atoms with Crippen LogP contribution in [0.5, 0.6) is 0 Å². The number of oxazole rings is 1. The Kier molecular flexibility index (Phi) is 5.44. The first-order valence-corrected chi connectivity index (χ1v) is 10.2. The van der Waals surface area contributed by atoms with E-state index in [0.29, 0.717) is 43.5 Å². The summed E-state index contributed by atoms with van der Waals surface area (Å²) in [6.45, 7) is 5.09. The number of rotatable bonds is 5. The number of hydrogen-bond donors (Lipinski definition) is 0. The molecule has 1 aromatic heterocycles. The van der Waals surface area contributed by atoms with Crippen LogP contribution in [0.1, 0.15) is 25.7 Å². The van der Waals surface area contributed by atoms with Crippen molar-refractivity contribution in [2.75, 3.05) is 31.9 Å². The SMILES string of the molecule is CCCS(=O)(=O)N1CCCN(Cc2nc3cc(Cl)ccc3o2)CC1. The lowest BCUT2D eigenvalue weighted by Crippen LogP contribution is -2.36. The molecule has 0 atom stereocenters. The molecule has 0 bridgehead atoms. The van der Waals surface area contributed by atoms with E-state index in [2.05, 4.69) is 9.88 Å². The maximum atomic E-state index is 12.2. The minimum atomic E-state index is -3.13. The Labute approximate surface area is 147 Å². The van der Waals surface area contributed by atoms with Crippen LogP contribution >= 0.6 is 11.6 Å². The van der Waals surface area contributed by atoms with Crippen molar-refractivity contribution < 1.29 is 12.8 Å². The molecule has 24 heavy (non-hydrogen) atoms. The second-order valence-electron chi connectivity index (χ2n) is 6.06. The van der Waals surface area contributed by atoms with Crippen molar-refractivity contribution in [3.8, 4) is 0 Å². The van der Waals surface area contributed by atoms with Crippen molar-refractivity contribution in [1.82, 2.24) is 14.2 Å². The summed E-state index contributed by atoms with van der Waals surface area (Å²) in [6, 6.07) is 5.38. The first kappa shape index (κ1) is 17.7. The molecule has 6 nitrogen and oxygen atoms in total. The van der Waals surface area contributed by atoms with Crippen LogP contribution in [-0.4, -0.2) is 54.5 Å². The van der Waals surface area contributed by atoms with Gasteiger partial charge in [-0.1, -0.05) is 18.5 Å². The Morgan fingerprint density at radius 3 is 2.88 bits per heavy atom. The summed E-state index contributed by atoms with van der Waals surface area (Å²) in [5.74, 6) is 0.857. The van der Waals surface area contributed by atoms with E-state index < -0.39 is 10.0 Å². The van der Waals surface area contributed by atoms with Crippen molar-refractivity contribution in [2.45, 2.75) is 26.3 Å². The minimum absolute atomic E-state index is 0.221. The Bertz CT molecular complexity index is 806. The molecule has 0 N–H and O–H groups in total. The molecule has 1 fully saturated rings. The summed E-state index contributed by atoms with van der Waals surface area (Å²) in [6.07, 6.45) is 1.46. The molecule has 1 aliphatic heterocycles. The molecule has 0 radical (unpaired) electrons. The lowest BCUT2D eigenvalue weighted by Gasteiger charge is -2.20. The summed E-state index contributed by atoms with van der Waals surface area (Å²) in [5, 5.41) is 0.633. The summed E-state index contributed by atoms with van der Waals surface area (Å²) in [7, 11) is -3.13. The molecule has 0 saturated carbocycles. The van der Waals surface area contributed by atoms with Gasteiger partial charge in [0, 0.05) is 24.7 Å². The molecule has 0 aliphatic carbocycles. The van der Waals surface area contributed by atoms with E-state index in [-0.39, 0.29) is 5.75 Å². The van der Waals surface area contributed by atoms with Gasteiger partial charge < -0.3 is 4.42 Å². The number of nitrogens with zero attached hydrogens (tertiary/aromatic N) is 3. The minimum Gasteiger partial charge on any atom is -0.439 e. The van der Waals surface area contributed by atoms with Gasteiger partial charge in [-0.2, -0.15) is 0 Å². The highest BCUT2D eigenvalue weighted by Crippen LogP contribution is 2.21. The standard InChI is InChI=1S/C16H22ClN3O3S/c1-2-10-24(21,22)20-7-3-6-19(8-9-20)12-16-18-14-11-13(17)4-5-15(14)23-16/h4-5,11H,2-3,6-10,12H2,1H3. The first-order chi connectivity index (χ1) is 11.5. The van der Waals surface area contributed by atoms with Crippen molar-refractivity contribution in [1.29, 1.82) is 0 Å². The predicted octanol–water partition coefficient (Wildman–Crippen LogP) is 2.73. The van der Waals surface area contributed by atoms with Gasteiger partial charge in [0.25, 0.3) is 0 Å². The summed E-state index contributed by atoms with van der Waals surface area (Å²) in [4.78, 5) is 6.66. The number of hydrogen-bond acceptors (Lipinski definition) is 5. The summed E-state index contributed by atoms with van der Waals surface area (Å²) in [5.41, 5.74) is 1.47. The second-order valence-corrected chi connectivity index (χ2v) is 8.59. The van der Waals surface area contributed by atoms with Crippen LogP contribution in [-0.2, 0) is 16.6 Å². The number of aromatic nitrogens is 1. The van der Waals surface area contributed by atoms with Gasteiger partial charge >= 0.3 is 0 Å². The summed E-state index contributed by atoms with van der Waals surface area (Å²) >= 11 is 5.97. The predicted molar refractivity (Wildman–Crippen MR) is 94.6 cm³/mol. The molecule has 132 valence electrons. The molecular weight excluding hydrogens is 350 g/mol. The Balaban J connectivity index is 1.65. The van der Waals surface area contributed by atoms with E-state index in [1.165, 1.54) is 0 Å². The molecule has 3 rings (SSSR count). The normalized spacial score (nSPS) is 18.1. The van der Waals surface area contributed by atoms with Gasteiger partial charge in [0.15, 0.2) is 5.58 Å². The molecule has 0 spiro atoms. The number of sulfonamides is 1. The fourth-order valence-electron chi connectivity index (χ4n) is 2.98. The van der Waals surface area contributed by atoms with Gasteiger partial charge in [-0.05, 0) is 37.6 Å². The zero-order chi connectivity index (χ0) is 17.2. The smallest absolute Gasteiger partial charge is 0.214 e. The molecular formula is C16H22ClN3O3S. The summed E-state index contributed by atoms with van der Waals surface area (Å²) < 4.78 is 31.8. The molecule has 1 aliphatic rings. The van der Waals surface area contributed by atoms with Gasteiger partial charge in [-0.25, -0.2) is 17.7 Å². The van der Waals surface area contributed by atoms with Crippen LogP contribution in [0.3, 0.4) is 0 Å². The van der Waals surface area contributed by atoms with E-state index in [0.717, 1.165) is 24.1 Å². The molecule has 0 amide bonds. The quantitative estimate of drug-likeness (QED) is 0.808. The van der Waals surface area contributed by atoms with Gasteiger partial charge in [0.2, 0.25) is 15.9 Å². The topological polar surface area (TPSA) is 66.7 Å². The third-order valence-electron chi connectivity index (χ3n) is 4.16. The Morgan fingerprint density at radius 1 is 1.25 bits per heavy atom. The highest BCUT2D eigenvalue weighted by atomic mass is 35.5. The van der Waals surface area contributed by atoms with Crippen molar-refractivity contribution in [3.63, 3.8) is 0 Å². The van der Waals surface area contributed by atoms with Crippen LogP contribution in [0.15, 0.2) is 22.6 Å². The van der Waals surface area contributed by atoms with Gasteiger partial charge in [0.1, 0.15) is 5.52 Å². The van der Waals surface area contributed by atoms with E-state index in [1.807, 2.05) is 13.0 Å². The Morgan fingerprint density at radius 2 is 2.08 bits per heavy atom. The molecule has 1 aromatic carbocycles. The second kappa shape index (κ2) is 7.39. The van der Waals surface area contributed by atoms with E-state index in [9.17, 15) is 8.42 Å². The van der Waals surface area contributed by atoms with Crippen LogP contribution in [0.4, 0.5) is 0 Å². The van der Waals surface area contributed by atoms with E-state index >= 15 is 0 Å². The Hall–Kier alpha value is -1.15. The molecule has 0 unspecified atom stereocenters. The van der Waals surface area contributed by atoms with Crippen LogP contribution in [0.2, 0.25) is 5.02 Å². The third kappa shape index (κ3) is 4.08. The third-order valence-corrected chi connectivity index (χ3v) is 6.47. The van der Waals surface area contributed by atoms with Gasteiger partial charge in [0.05, 0.1) is 12.3 Å². The highest BCUT2D eigenvalue weighted by molar-refractivity contribution is 7.89. The van der Waals surface area contributed by atoms with Crippen molar-refractivity contribution in [2.24, 2.45) is 0 Å². The van der Waals surface area contributed by atoms with E-state index in [1.54, 1.807) is 16.4 Å². The fourth-order valence-corrected chi connectivity index (χ4v) is 4.69. The molecule has 1 saturated heterocycles. The number of fused-ring (bicyclic) bond motifs is 1. The van der Waals surface area contributed by atoms with Crippen LogP contribution in [0, 0.1) is 0 Å². The average molecular weight is 372 g/mol. The number of benzene rings is 1. The first-order valence-electron chi connectivity index (χ1n) is 8.23. The van der Waals surface area contributed by atoms with Crippen LogP contribution < -0.4 is 0 Å². The highest BCUT2D eigenvalue weighted by Gasteiger charge is 2.24. The maximum absolute atomic E-state index is 12.2. The molecule has 2 heterocycles. The largest absolute Gasteiger partial charge is 0.439 e. The monoisotopic (exact) mass is 371 g/mol. The molecule has 2 aromatic rings. The molecule has 8 heteroatoms. The van der Waals surface area contributed by atoms with Gasteiger partial charge in [-0.15, -0.1) is 0 Å². The average Bonchev–Trinajstić information content (AvgIpc) is 2.74. The number of halogens is 1. The van der Waals surface area contributed by atoms with E-state index in [4.69, 9.17) is 16.0 Å². The maximum Gasteiger partial charge on any atom is 0.214 e. The lowest BCUT2D eigenvalue weighted by molar-refractivity contribution is 0.253. The zero-order valence-corrected chi connectivity index (χ0v) is 15.3. The van der Waals surface area contributed by atoms with Crippen molar-refractivity contribution >= 4 is 32.7 Å². The van der Waals surface area contributed by atoms with Gasteiger partial charge in [-0.3, -0.25) is 4.90 Å². The zero-order valence-electron chi connectivity index (χ0n) is 13.7. The van der Waals surface area contributed by atoms with Crippen LogP contribution in [0.25, 0.3) is 11.1 Å². The lowest BCUT2D eigenvalue weighted by atomic mass is 10.3. The van der Waals surface area contributed by atoms with Crippen molar-refractivity contribution in [3.05, 3.63) is 29.1 Å².